The second-order valence-corrected chi connectivity index (χ2v) is 6.39. The molecule has 2 rings (SSSR count). The van der Waals surface area contributed by atoms with Crippen molar-refractivity contribution in [3.8, 4) is 0 Å². The molecule has 0 radical (unpaired) electrons. The van der Waals surface area contributed by atoms with E-state index in [1.807, 2.05) is 12.3 Å². The minimum atomic E-state index is -0.242. The SMILES string of the molecule is CSCCC(CO)NC(=O)c1ccc2c(c1)NC(=O)CCC2. The van der Waals surface area contributed by atoms with Crippen LogP contribution in [0.25, 0.3) is 0 Å². The summed E-state index contributed by atoms with van der Waals surface area (Å²) in [6.07, 6.45) is 4.89. The molecule has 1 atom stereocenters. The third kappa shape index (κ3) is 4.48. The molecule has 22 heavy (non-hydrogen) atoms. The van der Waals surface area contributed by atoms with Gasteiger partial charge in [-0.3, -0.25) is 9.59 Å². The highest BCUT2D eigenvalue weighted by molar-refractivity contribution is 7.98. The molecule has 0 spiro atoms. The van der Waals surface area contributed by atoms with Crippen LogP contribution < -0.4 is 10.6 Å². The smallest absolute Gasteiger partial charge is 0.251 e. The van der Waals surface area contributed by atoms with Crippen molar-refractivity contribution in [1.82, 2.24) is 5.32 Å². The van der Waals surface area contributed by atoms with E-state index >= 15 is 0 Å². The number of nitrogens with one attached hydrogen (secondary N) is 2. The van der Waals surface area contributed by atoms with E-state index in [1.54, 1.807) is 23.9 Å². The highest BCUT2D eigenvalue weighted by Gasteiger charge is 2.17. The van der Waals surface area contributed by atoms with Gasteiger partial charge in [-0.05, 0) is 49.0 Å². The van der Waals surface area contributed by atoms with Crippen molar-refractivity contribution in [2.24, 2.45) is 0 Å². The monoisotopic (exact) mass is 322 g/mol. The maximum Gasteiger partial charge on any atom is 0.251 e. The van der Waals surface area contributed by atoms with Crippen LogP contribution in [0.5, 0.6) is 0 Å². The number of anilines is 1. The molecule has 0 fully saturated rings. The van der Waals surface area contributed by atoms with E-state index in [9.17, 15) is 14.7 Å². The first-order chi connectivity index (χ1) is 10.6. The van der Waals surface area contributed by atoms with E-state index in [0.29, 0.717) is 12.0 Å². The van der Waals surface area contributed by atoms with Crippen molar-refractivity contribution in [3.05, 3.63) is 29.3 Å². The molecular weight excluding hydrogens is 300 g/mol. The number of aliphatic hydroxyl groups excluding tert-OH is 1. The Balaban J connectivity index is 2.08. The van der Waals surface area contributed by atoms with Gasteiger partial charge in [-0.1, -0.05) is 6.07 Å². The van der Waals surface area contributed by atoms with Crippen LogP contribution in [-0.4, -0.2) is 41.6 Å². The van der Waals surface area contributed by atoms with E-state index in [1.165, 1.54) is 0 Å². The average Bonchev–Trinajstić information content (AvgIpc) is 2.70. The summed E-state index contributed by atoms with van der Waals surface area (Å²) in [4.78, 5) is 23.9. The lowest BCUT2D eigenvalue weighted by Crippen LogP contribution is -2.38. The normalized spacial score (nSPS) is 15.5. The molecule has 0 bridgehead atoms. The van der Waals surface area contributed by atoms with Crippen LogP contribution in [0, 0.1) is 0 Å². The lowest BCUT2D eigenvalue weighted by molar-refractivity contribution is -0.116. The van der Waals surface area contributed by atoms with Crippen LogP contribution >= 0.6 is 11.8 Å². The standard InChI is InChI=1S/C16H22N2O3S/c1-22-8-7-13(10-19)17-16(21)12-6-5-11-3-2-4-15(20)18-14(11)9-12/h5-6,9,13,19H,2-4,7-8,10H2,1H3,(H,17,21)(H,18,20). The molecule has 6 heteroatoms. The maximum absolute atomic E-state index is 12.3. The number of thioether (sulfide) groups is 1. The highest BCUT2D eigenvalue weighted by atomic mass is 32.2. The molecule has 5 nitrogen and oxygen atoms in total. The van der Waals surface area contributed by atoms with Gasteiger partial charge in [0.25, 0.3) is 5.91 Å². The molecular formula is C16H22N2O3S. The topological polar surface area (TPSA) is 78.4 Å². The third-order valence-corrected chi connectivity index (χ3v) is 4.37. The van der Waals surface area contributed by atoms with Gasteiger partial charge in [-0.25, -0.2) is 0 Å². The zero-order valence-corrected chi connectivity index (χ0v) is 13.5. The molecule has 3 N–H and O–H groups in total. The number of benzene rings is 1. The first kappa shape index (κ1) is 16.8. The van der Waals surface area contributed by atoms with Crippen molar-refractivity contribution >= 4 is 29.3 Å². The summed E-state index contributed by atoms with van der Waals surface area (Å²) >= 11 is 1.68. The molecule has 1 aromatic carbocycles. The number of carbonyl (C=O) groups is 2. The van der Waals surface area contributed by atoms with Gasteiger partial charge in [0.05, 0.1) is 12.6 Å². The molecule has 120 valence electrons. The minimum Gasteiger partial charge on any atom is -0.394 e. The molecule has 1 heterocycles. The van der Waals surface area contributed by atoms with Crippen LogP contribution in [0.3, 0.4) is 0 Å². The number of aliphatic hydroxyl groups is 1. The van der Waals surface area contributed by atoms with Gasteiger partial charge in [0.1, 0.15) is 0 Å². The predicted molar refractivity (Wildman–Crippen MR) is 89.3 cm³/mol. The van der Waals surface area contributed by atoms with Gasteiger partial charge < -0.3 is 15.7 Å². The lowest BCUT2D eigenvalue weighted by atomic mass is 10.0. The first-order valence-corrected chi connectivity index (χ1v) is 8.87. The Hall–Kier alpha value is -1.53. The van der Waals surface area contributed by atoms with Gasteiger partial charge in [-0.2, -0.15) is 11.8 Å². The Bertz CT molecular complexity index is 548. The fourth-order valence-corrected chi connectivity index (χ4v) is 2.96. The fourth-order valence-electron chi connectivity index (χ4n) is 2.44. The first-order valence-electron chi connectivity index (χ1n) is 7.47. The molecule has 1 aliphatic heterocycles. The zero-order chi connectivity index (χ0) is 15.9. The molecule has 0 saturated heterocycles. The maximum atomic E-state index is 12.3. The Morgan fingerprint density at radius 3 is 3.00 bits per heavy atom. The molecule has 0 aromatic heterocycles. The Morgan fingerprint density at radius 2 is 2.27 bits per heavy atom. The lowest BCUT2D eigenvalue weighted by Gasteiger charge is -2.16. The Morgan fingerprint density at radius 1 is 1.45 bits per heavy atom. The summed E-state index contributed by atoms with van der Waals surface area (Å²) in [6, 6.07) is 5.14. The third-order valence-electron chi connectivity index (χ3n) is 3.72. The van der Waals surface area contributed by atoms with E-state index < -0.39 is 0 Å². The minimum absolute atomic E-state index is 0.00971. The van der Waals surface area contributed by atoms with Crippen molar-refractivity contribution in [2.45, 2.75) is 31.7 Å². The van der Waals surface area contributed by atoms with E-state index in [4.69, 9.17) is 0 Å². The predicted octanol–water partition coefficient (Wildman–Crippen LogP) is 1.81. The van der Waals surface area contributed by atoms with Crippen LogP contribution in [0.2, 0.25) is 0 Å². The summed E-state index contributed by atoms with van der Waals surface area (Å²) in [5.41, 5.74) is 2.28. The Labute approximate surface area is 134 Å². The van der Waals surface area contributed by atoms with Gasteiger partial charge in [0.2, 0.25) is 5.91 Å². The number of hydrogen-bond acceptors (Lipinski definition) is 4. The van der Waals surface area contributed by atoms with Crippen molar-refractivity contribution in [2.75, 3.05) is 23.9 Å². The zero-order valence-electron chi connectivity index (χ0n) is 12.7. The largest absolute Gasteiger partial charge is 0.394 e. The van der Waals surface area contributed by atoms with Crippen LogP contribution in [0.4, 0.5) is 5.69 Å². The molecule has 1 aliphatic rings. The summed E-state index contributed by atoms with van der Waals surface area (Å²) in [6.45, 7) is -0.0754. The summed E-state index contributed by atoms with van der Waals surface area (Å²) in [5, 5.41) is 15.0. The molecule has 1 unspecified atom stereocenters. The van der Waals surface area contributed by atoms with Gasteiger partial charge in [0, 0.05) is 17.7 Å². The fraction of sp³-hybridized carbons (Fsp3) is 0.500. The van der Waals surface area contributed by atoms with Gasteiger partial charge in [-0.15, -0.1) is 0 Å². The van der Waals surface area contributed by atoms with Crippen molar-refractivity contribution in [3.63, 3.8) is 0 Å². The molecule has 0 saturated carbocycles. The van der Waals surface area contributed by atoms with E-state index in [2.05, 4.69) is 10.6 Å². The van der Waals surface area contributed by atoms with Crippen molar-refractivity contribution < 1.29 is 14.7 Å². The van der Waals surface area contributed by atoms with Gasteiger partial charge >= 0.3 is 0 Å². The number of aryl methyl sites for hydroxylation is 1. The molecule has 1 aromatic rings. The van der Waals surface area contributed by atoms with Crippen molar-refractivity contribution in [1.29, 1.82) is 0 Å². The summed E-state index contributed by atoms with van der Waals surface area (Å²) in [5.74, 6) is 0.650. The van der Waals surface area contributed by atoms with Crippen LogP contribution in [0.15, 0.2) is 18.2 Å². The molecule has 2 amide bonds. The number of amides is 2. The number of hydrogen-bond donors (Lipinski definition) is 3. The number of carbonyl (C=O) groups excluding carboxylic acids is 2. The van der Waals surface area contributed by atoms with Crippen LogP contribution in [-0.2, 0) is 11.2 Å². The van der Waals surface area contributed by atoms with Crippen LogP contribution in [0.1, 0.15) is 35.2 Å². The quantitative estimate of drug-likeness (QED) is 0.746. The van der Waals surface area contributed by atoms with Gasteiger partial charge in [0.15, 0.2) is 0 Å². The summed E-state index contributed by atoms with van der Waals surface area (Å²) < 4.78 is 0. The molecule has 0 aliphatic carbocycles. The van der Waals surface area contributed by atoms with E-state index in [0.717, 1.165) is 36.3 Å². The highest BCUT2D eigenvalue weighted by Crippen LogP contribution is 2.23. The average molecular weight is 322 g/mol. The van der Waals surface area contributed by atoms with E-state index in [-0.39, 0.29) is 24.5 Å². The second-order valence-electron chi connectivity index (χ2n) is 5.41. The second kappa shape index (κ2) is 8.19. The number of rotatable bonds is 6. The Kier molecular flexibility index (Phi) is 6.27. The summed E-state index contributed by atoms with van der Waals surface area (Å²) in [7, 11) is 0. The number of fused-ring (bicyclic) bond motifs is 1.